The van der Waals surface area contributed by atoms with Crippen molar-refractivity contribution >= 4 is 23.1 Å². The Morgan fingerprint density at radius 1 is 0.618 bits per heavy atom. The number of rotatable bonds is 33. The van der Waals surface area contributed by atoms with E-state index in [0.717, 1.165) is 0 Å². The molecule has 0 bridgehead atoms. The minimum absolute atomic E-state index is 0.0232. The Morgan fingerprint density at radius 3 is 1.73 bits per heavy atom. The van der Waals surface area contributed by atoms with E-state index in [9.17, 15) is 9.59 Å². The molecule has 16 nitrogen and oxygen atoms in total. The first-order chi connectivity index (χ1) is 26.6. The molecule has 6 unspecified atom stereocenters. The predicted molar refractivity (Wildman–Crippen MR) is 204 cm³/mol. The topological polar surface area (TPSA) is 194 Å². The monoisotopic (exact) mass is 779 g/mol. The van der Waals surface area contributed by atoms with Crippen molar-refractivity contribution in [1.82, 2.24) is 0 Å². The van der Waals surface area contributed by atoms with E-state index in [1.54, 1.807) is 48.5 Å². The van der Waals surface area contributed by atoms with E-state index in [1.165, 1.54) is 6.92 Å². The van der Waals surface area contributed by atoms with Crippen molar-refractivity contribution in [2.75, 3.05) is 97.8 Å². The van der Waals surface area contributed by atoms with Gasteiger partial charge < -0.3 is 58.2 Å². The van der Waals surface area contributed by atoms with E-state index in [2.05, 4.69) is 15.5 Å². The van der Waals surface area contributed by atoms with E-state index >= 15 is 0 Å². The Balaban J connectivity index is 1.89. The van der Waals surface area contributed by atoms with Crippen LogP contribution >= 0.6 is 0 Å². The molecule has 0 spiro atoms. The van der Waals surface area contributed by atoms with Gasteiger partial charge in [0, 0.05) is 5.69 Å². The Labute approximate surface area is 324 Å². The van der Waals surface area contributed by atoms with Gasteiger partial charge in [0.1, 0.15) is 18.5 Å². The van der Waals surface area contributed by atoms with Gasteiger partial charge in [-0.2, -0.15) is 10.2 Å². The van der Waals surface area contributed by atoms with E-state index in [1.807, 2.05) is 33.8 Å². The quantitative estimate of drug-likeness (QED) is 0.0539. The van der Waals surface area contributed by atoms with E-state index in [4.69, 9.17) is 52.8 Å². The van der Waals surface area contributed by atoms with Crippen molar-refractivity contribution in [2.24, 2.45) is 10.2 Å². The second kappa shape index (κ2) is 29.8. The maximum absolute atomic E-state index is 12.7. The second-order valence-electron chi connectivity index (χ2n) is 12.7. The first kappa shape index (κ1) is 47.7. The lowest BCUT2D eigenvalue weighted by molar-refractivity contribution is -0.126. The number of Topliss-reactive ketones (excluding diaryl/α,β-unsaturated/α-hetero) is 1. The highest BCUT2D eigenvalue weighted by atomic mass is 16.6. The van der Waals surface area contributed by atoms with E-state index in [-0.39, 0.29) is 70.7 Å². The average Bonchev–Trinajstić information content (AvgIpc) is 3.17. The van der Waals surface area contributed by atoms with E-state index in [0.29, 0.717) is 63.4 Å². The summed E-state index contributed by atoms with van der Waals surface area (Å²) in [6, 6.07) is 14.3. The highest BCUT2D eigenvalue weighted by Crippen LogP contribution is 2.20. The number of hydrogen-bond donors (Lipinski definition) is 3. The van der Waals surface area contributed by atoms with Crippen LogP contribution in [0.15, 0.2) is 64.8 Å². The van der Waals surface area contributed by atoms with Crippen LogP contribution in [-0.4, -0.2) is 151 Å². The van der Waals surface area contributed by atoms with Gasteiger partial charge >= 0.3 is 0 Å². The maximum Gasteiger partial charge on any atom is 0.258 e. The number of benzene rings is 2. The zero-order valence-electron chi connectivity index (χ0n) is 32.8. The molecule has 0 fully saturated rings. The van der Waals surface area contributed by atoms with Gasteiger partial charge in [0.2, 0.25) is 6.04 Å². The molecule has 6 atom stereocenters. The fourth-order valence-electron chi connectivity index (χ4n) is 4.50. The zero-order valence-corrected chi connectivity index (χ0v) is 32.8. The smallest absolute Gasteiger partial charge is 0.258 e. The minimum Gasteiger partial charge on any atom is -0.491 e. The highest BCUT2D eigenvalue weighted by molar-refractivity contribution is 6.10. The SMILES string of the molecule is CC(=O)C(N=Nc1ccc(OCC(COCC(C)OCC(C)OCCOCCO)OCC(C)OCC(C)OCCOCCO)cc1)C(=O)Nc1ccccc1. The highest BCUT2D eigenvalue weighted by Gasteiger charge is 2.23. The molecular weight excluding hydrogens is 718 g/mol. The number of nitrogens with one attached hydrogen (secondary N) is 1. The van der Waals surface area contributed by atoms with Crippen LogP contribution in [0.4, 0.5) is 11.4 Å². The number of carbonyl (C=O) groups excluding carboxylic acids is 2. The lowest BCUT2D eigenvalue weighted by atomic mass is 10.2. The van der Waals surface area contributed by atoms with Crippen LogP contribution in [-0.2, 0) is 47.5 Å². The number of nitrogens with zero attached hydrogens (tertiary/aromatic N) is 2. The van der Waals surface area contributed by atoms with Crippen LogP contribution in [0.5, 0.6) is 5.75 Å². The maximum atomic E-state index is 12.7. The number of hydrogen-bond acceptors (Lipinski definition) is 15. The van der Waals surface area contributed by atoms with Gasteiger partial charge in [-0.05, 0) is 71.0 Å². The Hall–Kier alpha value is -3.42. The fraction of sp³-hybridized carbons (Fsp3) is 0.641. The molecule has 0 radical (unpaired) electrons. The normalized spacial score (nSPS) is 15.0. The number of anilines is 1. The molecule has 55 heavy (non-hydrogen) atoms. The predicted octanol–water partition coefficient (Wildman–Crippen LogP) is 3.79. The number of aliphatic hydroxyl groups is 2. The van der Waals surface area contributed by atoms with Gasteiger partial charge in [0.25, 0.3) is 5.91 Å². The van der Waals surface area contributed by atoms with Crippen LogP contribution in [0.2, 0.25) is 0 Å². The van der Waals surface area contributed by atoms with Crippen molar-refractivity contribution in [1.29, 1.82) is 0 Å². The standard InChI is InChI=1S/C39H61N3O13/c1-29(52-24-30(2)50-21-19-47-17-15-43)23-49-27-37(54-26-32(4)53-25-31(3)51-22-20-48-18-16-44)28-55-36-13-11-35(12-14-36)41-42-38(33(5)45)39(46)40-34-9-7-6-8-10-34/h6-14,29-32,37-38,43-44H,15-28H2,1-5H3,(H,40,46). The Morgan fingerprint density at radius 2 is 1.16 bits per heavy atom. The Bertz CT molecular complexity index is 1310. The summed E-state index contributed by atoms with van der Waals surface area (Å²) in [4.78, 5) is 24.8. The molecule has 0 aliphatic heterocycles. The van der Waals surface area contributed by atoms with Gasteiger partial charge in [-0.3, -0.25) is 9.59 Å². The van der Waals surface area contributed by atoms with Gasteiger partial charge in [-0.25, -0.2) is 0 Å². The lowest BCUT2D eigenvalue weighted by Crippen LogP contribution is -2.33. The third kappa shape index (κ3) is 23.3. The number of azo groups is 1. The molecule has 0 heterocycles. The fourth-order valence-corrected chi connectivity index (χ4v) is 4.50. The molecule has 0 aromatic heterocycles. The molecular formula is C39H61N3O13. The first-order valence-electron chi connectivity index (χ1n) is 18.6. The van der Waals surface area contributed by atoms with Crippen molar-refractivity contribution in [2.45, 2.75) is 71.2 Å². The van der Waals surface area contributed by atoms with E-state index < -0.39 is 23.8 Å². The molecule has 310 valence electrons. The summed E-state index contributed by atoms with van der Waals surface area (Å²) in [7, 11) is 0. The molecule has 2 rings (SSSR count). The van der Waals surface area contributed by atoms with Crippen LogP contribution < -0.4 is 10.1 Å². The van der Waals surface area contributed by atoms with Crippen molar-refractivity contribution in [3.8, 4) is 5.75 Å². The van der Waals surface area contributed by atoms with Gasteiger partial charge in [-0.1, -0.05) is 18.2 Å². The van der Waals surface area contributed by atoms with Crippen molar-refractivity contribution < 1.29 is 62.4 Å². The van der Waals surface area contributed by atoms with Crippen molar-refractivity contribution in [3.63, 3.8) is 0 Å². The largest absolute Gasteiger partial charge is 0.491 e. The number of carbonyl (C=O) groups is 2. The Kier molecular flexibility index (Phi) is 25.9. The third-order valence-electron chi connectivity index (χ3n) is 7.42. The molecule has 3 N–H and O–H groups in total. The summed E-state index contributed by atoms with van der Waals surface area (Å²) in [6.07, 6.45) is -1.18. The minimum atomic E-state index is -1.29. The van der Waals surface area contributed by atoms with Crippen LogP contribution in [0.1, 0.15) is 34.6 Å². The summed E-state index contributed by atoms with van der Waals surface area (Å²) >= 11 is 0. The average molecular weight is 780 g/mol. The van der Waals surface area contributed by atoms with Crippen LogP contribution in [0, 0.1) is 0 Å². The zero-order chi connectivity index (χ0) is 40.1. The number of ketones is 1. The lowest BCUT2D eigenvalue weighted by Gasteiger charge is -2.23. The number of para-hydroxylation sites is 1. The molecule has 1 amide bonds. The number of ether oxygens (including phenoxy) is 9. The summed E-state index contributed by atoms with van der Waals surface area (Å²) in [5.41, 5.74) is 0.992. The number of amides is 1. The summed E-state index contributed by atoms with van der Waals surface area (Å²) in [6.45, 7) is 12.8. The number of aliphatic hydroxyl groups excluding tert-OH is 2. The van der Waals surface area contributed by atoms with Crippen molar-refractivity contribution in [3.05, 3.63) is 54.6 Å². The molecule has 16 heteroatoms. The molecule has 0 saturated heterocycles. The van der Waals surface area contributed by atoms with Gasteiger partial charge in [0.15, 0.2) is 5.78 Å². The summed E-state index contributed by atoms with van der Waals surface area (Å²) in [5.74, 6) is -0.460. The first-order valence-corrected chi connectivity index (χ1v) is 18.6. The molecule has 2 aromatic rings. The molecule has 0 saturated carbocycles. The third-order valence-corrected chi connectivity index (χ3v) is 7.42. The summed E-state index contributed by atoms with van der Waals surface area (Å²) < 4.78 is 51.7. The summed E-state index contributed by atoms with van der Waals surface area (Å²) in [5, 5.41) is 28.4. The van der Waals surface area contributed by atoms with Gasteiger partial charge in [0.05, 0.1) is 116 Å². The van der Waals surface area contributed by atoms with Crippen LogP contribution in [0.25, 0.3) is 0 Å². The second-order valence-corrected chi connectivity index (χ2v) is 12.7. The molecule has 0 aliphatic rings. The van der Waals surface area contributed by atoms with Gasteiger partial charge in [-0.15, -0.1) is 0 Å². The molecule has 0 aliphatic carbocycles. The molecule has 2 aromatic carbocycles. The van der Waals surface area contributed by atoms with Crippen LogP contribution in [0.3, 0.4) is 0 Å².